The van der Waals surface area contributed by atoms with Crippen molar-refractivity contribution in [3.8, 4) is 0 Å². The Hall–Kier alpha value is -0.900. The molecule has 0 saturated carbocycles. The van der Waals surface area contributed by atoms with Crippen LogP contribution in [0.4, 0.5) is 0 Å². The molecule has 4 heteroatoms. The zero-order valence-corrected chi connectivity index (χ0v) is 12.1. The molecule has 0 rings (SSSR count). The molecule has 0 unspecified atom stereocenters. The van der Waals surface area contributed by atoms with Crippen LogP contribution in [0.3, 0.4) is 0 Å². The van der Waals surface area contributed by atoms with Crippen LogP contribution in [0, 0.1) is 5.92 Å². The van der Waals surface area contributed by atoms with Gasteiger partial charge in [-0.1, -0.05) is 21.3 Å². The number of amides is 1. The summed E-state index contributed by atoms with van der Waals surface area (Å²) in [7, 11) is 0. The largest absolute Gasteiger partial charge is 0.379 e. The molecule has 0 aliphatic heterocycles. The number of ketones is 1. The van der Waals surface area contributed by atoms with E-state index in [2.05, 4.69) is 5.32 Å². The molecule has 19 heavy (non-hydrogen) atoms. The van der Waals surface area contributed by atoms with Crippen LogP contribution in [0.2, 0.25) is 0 Å². The Morgan fingerprint density at radius 3 is 2.21 bits per heavy atom. The summed E-state index contributed by atoms with van der Waals surface area (Å²) in [6, 6.07) is 0. The first kappa shape index (κ1) is 20.4. The van der Waals surface area contributed by atoms with Gasteiger partial charge in [0, 0.05) is 31.9 Å². The minimum absolute atomic E-state index is 0. The fourth-order valence-electron chi connectivity index (χ4n) is 1.42. The monoisotopic (exact) mass is 273 g/mol. The van der Waals surface area contributed by atoms with Gasteiger partial charge in [0.15, 0.2) is 0 Å². The summed E-state index contributed by atoms with van der Waals surface area (Å²) < 4.78 is 5.37. The lowest BCUT2D eigenvalue weighted by atomic mass is 10.0. The third-order valence-electron chi connectivity index (χ3n) is 2.57. The average molecular weight is 273 g/mol. The number of rotatable bonds is 10. The van der Waals surface area contributed by atoms with Crippen LogP contribution < -0.4 is 5.32 Å². The van der Waals surface area contributed by atoms with E-state index >= 15 is 0 Å². The van der Waals surface area contributed by atoms with Crippen molar-refractivity contribution in [3.63, 3.8) is 0 Å². The third-order valence-corrected chi connectivity index (χ3v) is 2.57. The molecule has 1 amide bonds. The molecular weight excluding hydrogens is 242 g/mol. The highest BCUT2D eigenvalue weighted by molar-refractivity contribution is 5.81. The number of hydrogen-bond acceptors (Lipinski definition) is 3. The normalized spacial score (nSPS) is 10.4. The lowest BCUT2D eigenvalue weighted by molar-refractivity contribution is -0.122. The highest BCUT2D eigenvalue weighted by atomic mass is 16.5. The molecule has 0 aromatic heterocycles. The Kier molecular flexibility index (Phi) is 13.1. The Balaban J connectivity index is 0. The summed E-state index contributed by atoms with van der Waals surface area (Å²) >= 11 is 0. The fourth-order valence-corrected chi connectivity index (χ4v) is 1.42. The Morgan fingerprint density at radius 1 is 1.05 bits per heavy atom. The lowest BCUT2D eigenvalue weighted by Crippen LogP contribution is -2.25. The standard InChI is InChI=1S/C14H27NO3.CH4/c1-11(2)13(16)7-5-8-14(17)15-9-6-10-18-12(3)4;/h11-12H,5-10H2,1-4H3,(H,15,17);1H4. The van der Waals surface area contributed by atoms with E-state index in [0.29, 0.717) is 32.4 Å². The van der Waals surface area contributed by atoms with Crippen LogP contribution in [0.25, 0.3) is 0 Å². The van der Waals surface area contributed by atoms with E-state index in [1.165, 1.54) is 0 Å². The lowest BCUT2D eigenvalue weighted by Gasteiger charge is -2.08. The SMILES string of the molecule is C.CC(C)OCCCNC(=O)CCCC(=O)C(C)C. The van der Waals surface area contributed by atoms with Gasteiger partial charge < -0.3 is 10.1 Å². The van der Waals surface area contributed by atoms with Crippen molar-refractivity contribution in [2.75, 3.05) is 13.2 Å². The van der Waals surface area contributed by atoms with Crippen molar-refractivity contribution < 1.29 is 14.3 Å². The summed E-state index contributed by atoms with van der Waals surface area (Å²) in [5.74, 6) is 0.325. The van der Waals surface area contributed by atoms with E-state index in [9.17, 15) is 9.59 Å². The molecular formula is C15H31NO3. The summed E-state index contributed by atoms with van der Waals surface area (Å²) in [4.78, 5) is 22.8. The highest BCUT2D eigenvalue weighted by Gasteiger charge is 2.08. The predicted octanol–water partition coefficient (Wildman–Crippen LogP) is 2.95. The molecule has 1 N–H and O–H groups in total. The van der Waals surface area contributed by atoms with E-state index in [0.717, 1.165) is 6.42 Å². The Morgan fingerprint density at radius 2 is 1.68 bits per heavy atom. The van der Waals surface area contributed by atoms with Crippen LogP contribution in [0.1, 0.15) is 60.8 Å². The van der Waals surface area contributed by atoms with E-state index in [1.807, 2.05) is 27.7 Å². The number of ether oxygens (including phenoxy) is 1. The molecule has 114 valence electrons. The topological polar surface area (TPSA) is 55.4 Å². The van der Waals surface area contributed by atoms with Gasteiger partial charge >= 0.3 is 0 Å². The van der Waals surface area contributed by atoms with Gasteiger partial charge in [-0.15, -0.1) is 0 Å². The van der Waals surface area contributed by atoms with Gasteiger partial charge in [0.1, 0.15) is 5.78 Å². The summed E-state index contributed by atoms with van der Waals surface area (Å²) in [6.45, 7) is 9.07. The minimum atomic E-state index is 0. The summed E-state index contributed by atoms with van der Waals surface area (Å²) in [5.41, 5.74) is 0. The van der Waals surface area contributed by atoms with Crippen molar-refractivity contribution in [2.24, 2.45) is 5.92 Å². The summed E-state index contributed by atoms with van der Waals surface area (Å²) in [6.07, 6.45) is 2.65. The molecule has 0 aromatic rings. The number of Topliss-reactive ketones (excluding diaryl/α,β-unsaturated/α-hetero) is 1. The van der Waals surface area contributed by atoms with Crippen molar-refractivity contribution in [1.29, 1.82) is 0 Å². The van der Waals surface area contributed by atoms with Gasteiger partial charge in [-0.25, -0.2) is 0 Å². The zero-order valence-electron chi connectivity index (χ0n) is 12.1. The number of carbonyl (C=O) groups is 2. The van der Waals surface area contributed by atoms with Crippen molar-refractivity contribution in [3.05, 3.63) is 0 Å². The molecule has 0 aliphatic carbocycles. The Bertz CT molecular complexity index is 250. The van der Waals surface area contributed by atoms with Crippen LogP contribution in [0.5, 0.6) is 0 Å². The molecule has 0 heterocycles. The van der Waals surface area contributed by atoms with Crippen LogP contribution >= 0.6 is 0 Å². The third kappa shape index (κ3) is 13.3. The highest BCUT2D eigenvalue weighted by Crippen LogP contribution is 2.04. The predicted molar refractivity (Wildman–Crippen MR) is 79.1 cm³/mol. The summed E-state index contributed by atoms with van der Waals surface area (Å²) in [5, 5.41) is 2.83. The van der Waals surface area contributed by atoms with E-state index in [4.69, 9.17) is 4.74 Å². The Labute approximate surface area is 118 Å². The molecule has 0 saturated heterocycles. The molecule has 0 spiro atoms. The number of carbonyl (C=O) groups excluding carboxylic acids is 2. The number of nitrogens with one attached hydrogen (secondary N) is 1. The fraction of sp³-hybridized carbons (Fsp3) is 0.867. The first-order chi connectivity index (χ1) is 8.43. The molecule has 0 aliphatic rings. The second kappa shape index (κ2) is 12.2. The molecule has 4 nitrogen and oxygen atoms in total. The maximum Gasteiger partial charge on any atom is 0.220 e. The quantitative estimate of drug-likeness (QED) is 0.623. The molecule has 0 fully saturated rings. The van der Waals surface area contributed by atoms with Crippen molar-refractivity contribution >= 4 is 11.7 Å². The second-order valence-corrected chi connectivity index (χ2v) is 5.10. The van der Waals surface area contributed by atoms with Crippen molar-refractivity contribution in [2.45, 2.75) is 66.9 Å². The minimum Gasteiger partial charge on any atom is -0.379 e. The first-order valence-corrected chi connectivity index (χ1v) is 6.84. The molecule has 0 aromatic carbocycles. The van der Waals surface area contributed by atoms with Gasteiger partial charge in [-0.2, -0.15) is 0 Å². The maximum atomic E-state index is 11.4. The van der Waals surface area contributed by atoms with Crippen molar-refractivity contribution in [1.82, 2.24) is 5.32 Å². The van der Waals surface area contributed by atoms with E-state index in [-0.39, 0.29) is 31.1 Å². The van der Waals surface area contributed by atoms with Crippen LogP contribution in [-0.2, 0) is 14.3 Å². The van der Waals surface area contributed by atoms with E-state index in [1.54, 1.807) is 0 Å². The van der Waals surface area contributed by atoms with Gasteiger partial charge in [0.2, 0.25) is 5.91 Å². The van der Waals surface area contributed by atoms with E-state index < -0.39 is 0 Å². The average Bonchev–Trinajstić information content (AvgIpc) is 2.27. The first-order valence-electron chi connectivity index (χ1n) is 6.84. The molecule has 0 atom stereocenters. The molecule has 0 radical (unpaired) electrons. The van der Waals surface area contributed by atoms with Gasteiger partial charge in [0.05, 0.1) is 6.10 Å². The van der Waals surface area contributed by atoms with Gasteiger partial charge in [0.25, 0.3) is 0 Å². The van der Waals surface area contributed by atoms with Gasteiger partial charge in [-0.05, 0) is 26.7 Å². The van der Waals surface area contributed by atoms with Crippen LogP contribution in [-0.4, -0.2) is 30.9 Å². The number of hydrogen-bond donors (Lipinski definition) is 1. The molecule has 0 bridgehead atoms. The van der Waals surface area contributed by atoms with Crippen LogP contribution in [0.15, 0.2) is 0 Å². The van der Waals surface area contributed by atoms with Gasteiger partial charge in [-0.3, -0.25) is 9.59 Å². The smallest absolute Gasteiger partial charge is 0.220 e. The maximum absolute atomic E-state index is 11.4. The second-order valence-electron chi connectivity index (χ2n) is 5.10. The zero-order chi connectivity index (χ0) is 14.0.